The first-order chi connectivity index (χ1) is 12.1. The lowest BCUT2D eigenvalue weighted by atomic mass is 9.79. The Morgan fingerprint density at radius 2 is 1.96 bits per heavy atom. The van der Waals surface area contributed by atoms with Gasteiger partial charge in [-0.3, -0.25) is 9.59 Å². The van der Waals surface area contributed by atoms with Crippen LogP contribution in [0.4, 0.5) is 11.4 Å². The summed E-state index contributed by atoms with van der Waals surface area (Å²) in [6, 6.07) is 14.8. The standard InChI is InChI=1S/C19H17N3O3/c20-12-6-7-14-15(8-12)21-17(23)19(14)9-13-10-25-16(22(13)18(19)24)11-4-2-1-3-5-11/h1-8,13,16H,9-10,20H2,(H,21,23)/t13?,16-,19+/m0/s1. The summed E-state index contributed by atoms with van der Waals surface area (Å²) in [4.78, 5) is 28.0. The molecule has 6 heteroatoms. The number of ether oxygens (including phenoxy) is 1. The number of carbonyl (C=O) groups is 2. The second kappa shape index (κ2) is 4.83. The number of fused-ring (bicyclic) bond motifs is 3. The summed E-state index contributed by atoms with van der Waals surface area (Å²) in [6.07, 6.45) is -0.0125. The average molecular weight is 335 g/mol. The van der Waals surface area contributed by atoms with Gasteiger partial charge in [0.1, 0.15) is 0 Å². The number of hydrogen-bond donors (Lipinski definition) is 2. The van der Waals surface area contributed by atoms with Crippen LogP contribution in [0.3, 0.4) is 0 Å². The van der Waals surface area contributed by atoms with Gasteiger partial charge < -0.3 is 20.7 Å². The maximum atomic E-state index is 13.4. The van der Waals surface area contributed by atoms with Crippen LogP contribution in [-0.2, 0) is 19.7 Å². The fourth-order valence-electron chi connectivity index (χ4n) is 4.32. The van der Waals surface area contributed by atoms with Crippen molar-refractivity contribution in [3.8, 4) is 0 Å². The minimum atomic E-state index is -1.16. The van der Waals surface area contributed by atoms with Crippen LogP contribution in [0.5, 0.6) is 0 Å². The summed E-state index contributed by atoms with van der Waals surface area (Å²) in [5, 5.41) is 2.84. The van der Waals surface area contributed by atoms with Crippen molar-refractivity contribution in [3.63, 3.8) is 0 Å². The van der Waals surface area contributed by atoms with Crippen LogP contribution in [0.1, 0.15) is 23.8 Å². The molecule has 3 N–H and O–H groups in total. The van der Waals surface area contributed by atoms with Crippen LogP contribution in [0, 0.1) is 0 Å². The number of nitrogens with two attached hydrogens (primary N) is 1. The molecule has 1 unspecified atom stereocenters. The van der Waals surface area contributed by atoms with E-state index in [0.717, 1.165) is 11.1 Å². The average Bonchev–Trinajstić information content (AvgIpc) is 3.23. The monoisotopic (exact) mass is 335 g/mol. The van der Waals surface area contributed by atoms with E-state index in [4.69, 9.17) is 10.5 Å². The number of nitrogen functional groups attached to an aromatic ring is 1. The summed E-state index contributed by atoms with van der Waals surface area (Å²) in [7, 11) is 0. The Kier molecular flexibility index (Phi) is 2.80. The molecule has 2 amide bonds. The SMILES string of the molecule is Nc1ccc2c(c1)NC(=O)[C@@]21CC2CO[C@@H](c3ccccc3)N2C1=O. The van der Waals surface area contributed by atoms with Crippen LogP contribution in [0.15, 0.2) is 48.5 Å². The molecule has 0 aliphatic carbocycles. The second-order valence-corrected chi connectivity index (χ2v) is 6.83. The van der Waals surface area contributed by atoms with Gasteiger partial charge in [0, 0.05) is 22.5 Å². The van der Waals surface area contributed by atoms with E-state index in [2.05, 4.69) is 5.32 Å². The van der Waals surface area contributed by atoms with Crippen molar-refractivity contribution in [3.05, 3.63) is 59.7 Å². The highest BCUT2D eigenvalue weighted by atomic mass is 16.5. The van der Waals surface area contributed by atoms with Gasteiger partial charge in [0.05, 0.1) is 12.6 Å². The summed E-state index contributed by atoms with van der Waals surface area (Å²) in [6.45, 7) is 0.435. The first-order valence-corrected chi connectivity index (χ1v) is 8.32. The van der Waals surface area contributed by atoms with Gasteiger partial charge in [-0.1, -0.05) is 36.4 Å². The zero-order valence-electron chi connectivity index (χ0n) is 13.4. The van der Waals surface area contributed by atoms with E-state index < -0.39 is 11.6 Å². The smallest absolute Gasteiger partial charge is 0.245 e. The molecule has 5 rings (SSSR count). The molecule has 126 valence electrons. The zero-order chi connectivity index (χ0) is 17.2. The fourth-order valence-corrected chi connectivity index (χ4v) is 4.32. The third-order valence-corrected chi connectivity index (χ3v) is 5.46. The van der Waals surface area contributed by atoms with Crippen LogP contribution in [-0.4, -0.2) is 29.4 Å². The van der Waals surface area contributed by atoms with Crippen molar-refractivity contribution in [2.45, 2.75) is 24.1 Å². The van der Waals surface area contributed by atoms with Gasteiger partial charge in [0.25, 0.3) is 0 Å². The van der Waals surface area contributed by atoms with Gasteiger partial charge in [-0.2, -0.15) is 0 Å². The molecular weight excluding hydrogens is 318 g/mol. The third kappa shape index (κ3) is 1.77. The van der Waals surface area contributed by atoms with Crippen molar-refractivity contribution in [1.82, 2.24) is 4.90 Å². The molecule has 3 aliphatic heterocycles. The largest absolute Gasteiger partial charge is 0.399 e. The Balaban J connectivity index is 1.59. The predicted molar refractivity (Wildman–Crippen MR) is 91.5 cm³/mol. The summed E-state index contributed by atoms with van der Waals surface area (Å²) in [5.41, 5.74) is 7.50. The Bertz CT molecular complexity index is 898. The number of carbonyl (C=O) groups excluding carboxylic acids is 2. The number of hydrogen-bond acceptors (Lipinski definition) is 4. The molecule has 1 spiro atoms. The number of rotatable bonds is 1. The maximum Gasteiger partial charge on any atom is 0.245 e. The molecule has 0 saturated carbocycles. The maximum absolute atomic E-state index is 13.4. The highest BCUT2D eigenvalue weighted by Gasteiger charge is 2.64. The highest BCUT2D eigenvalue weighted by Crippen LogP contribution is 2.51. The van der Waals surface area contributed by atoms with E-state index in [1.54, 1.807) is 23.1 Å². The molecule has 0 bridgehead atoms. The number of nitrogens with one attached hydrogen (secondary N) is 1. The Hall–Kier alpha value is -2.86. The van der Waals surface area contributed by atoms with E-state index in [0.29, 0.717) is 24.4 Å². The lowest BCUT2D eigenvalue weighted by Crippen LogP contribution is -2.43. The van der Waals surface area contributed by atoms with Gasteiger partial charge in [-0.25, -0.2) is 0 Å². The fraction of sp³-hybridized carbons (Fsp3) is 0.263. The molecule has 2 fully saturated rings. The van der Waals surface area contributed by atoms with Crippen molar-refractivity contribution >= 4 is 23.2 Å². The van der Waals surface area contributed by atoms with Crippen LogP contribution in [0.25, 0.3) is 0 Å². The van der Waals surface area contributed by atoms with Gasteiger partial charge in [0.2, 0.25) is 11.8 Å². The molecule has 2 aromatic rings. The number of nitrogens with zero attached hydrogens (tertiary/aromatic N) is 1. The van der Waals surface area contributed by atoms with Crippen LogP contribution in [0.2, 0.25) is 0 Å². The second-order valence-electron chi connectivity index (χ2n) is 6.83. The first kappa shape index (κ1) is 14.5. The molecule has 0 radical (unpaired) electrons. The lowest BCUT2D eigenvalue weighted by Gasteiger charge is -2.25. The van der Waals surface area contributed by atoms with Crippen molar-refractivity contribution in [1.29, 1.82) is 0 Å². The molecule has 2 aromatic carbocycles. The first-order valence-electron chi connectivity index (χ1n) is 8.32. The molecular formula is C19H17N3O3. The normalized spacial score (nSPS) is 29.8. The Labute approximate surface area is 144 Å². The quantitative estimate of drug-likeness (QED) is 0.615. The minimum absolute atomic E-state index is 0.105. The van der Waals surface area contributed by atoms with Crippen molar-refractivity contribution < 1.29 is 14.3 Å². The van der Waals surface area contributed by atoms with Gasteiger partial charge in [-0.05, 0) is 18.6 Å². The molecule has 6 nitrogen and oxygen atoms in total. The van der Waals surface area contributed by atoms with Crippen LogP contribution >= 0.6 is 0 Å². The molecule has 25 heavy (non-hydrogen) atoms. The molecule has 3 heterocycles. The molecule has 0 aromatic heterocycles. The Morgan fingerprint density at radius 1 is 1.16 bits per heavy atom. The zero-order valence-corrected chi connectivity index (χ0v) is 13.4. The van der Waals surface area contributed by atoms with E-state index in [1.165, 1.54) is 0 Å². The summed E-state index contributed by atoms with van der Waals surface area (Å²) >= 11 is 0. The number of benzene rings is 2. The summed E-state index contributed by atoms with van der Waals surface area (Å²) < 4.78 is 5.87. The van der Waals surface area contributed by atoms with Crippen LogP contribution < -0.4 is 11.1 Å². The van der Waals surface area contributed by atoms with Gasteiger partial charge in [-0.15, -0.1) is 0 Å². The van der Waals surface area contributed by atoms with E-state index >= 15 is 0 Å². The van der Waals surface area contributed by atoms with E-state index in [1.807, 2.05) is 30.3 Å². The molecule has 3 aliphatic rings. The third-order valence-electron chi connectivity index (χ3n) is 5.46. The summed E-state index contributed by atoms with van der Waals surface area (Å²) in [5.74, 6) is -0.454. The number of amides is 2. The van der Waals surface area contributed by atoms with Crippen molar-refractivity contribution in [2.24, 2.45) is 0 Å². The lowest BCUT2D eigenvalue weighted by molar-refractivity contribution is -0.142. The molecule has 2 saturated heterocycles. The van der Waals surface area contributed by atoms with E-state index in [9.17, 15) is 9.59 Å². The number of anilines is 2. The topological polar surface area (TPSA) is 84.7 Å². The Morgan fingerprint density at radius 3 is 2.76 bits per heavy atom. The van der Waals surface area contributed by atoms with E-state index in [-0.39, 0.29) is 17.9 Å². The minimum Gasteiger partial charge on any atom is -0.399 e. The van der Waals surface area contributed by atoms with Gasteiger partial charge in [0.15, 0.2) is 11.6 Å². The van der Waals surface area contributed by atoms with Crippen molar-refractivity contribution in [2.75, 3.05) is 17.7 Å². The highest BCUT2D eigenvalue weighted by molar-refractivity contribution is 6.22. The molecule has 3 atom stereocenters. The van der Waals surface area contributed by atoms with Gasteiger partial charge >= 0.3 is 0 Å². The predicted octanol–water partition coefficient (Wildman–Crippen LogP) is 1.79.